The predicted octanol–water partition coefficient (Wildman–Crippen LogP) is 2.32. The molecule has 2 aliphatic heterocycles. The molecule has 108 valence electrons. The van der Waals surface area contributed by atoms with Crippen LogP contribution >= 0.6 is 11.6 Å². The molecule has 2 aliphatic rings. The summed E-state index contributed by atoms with van der Waals surface area (Å²) in [6, 6.07) is 8.23. The van der Waals surface area contributed by atoms with E-state index < -0.39 is 0 Å². The van der Waals surface area contributed by atoms with E-state index in [4.69, 9.17) is 16.3 Å². The van der Waals surface area contributed by atoms with Gasteiger partial charge in [0.05, 0.1) is 18.2 Å². The average molecular weight is 294 g/mol. The Kier molecular flexibility index (Phi) is 4.13. The van der Waals surface area contributed by atoms with Crippen LogP contribution < -0.4 is 10.6 Å². The van der Waals surface area contributed by atoms with E-state index in [1.54, 1.807) is 7.05 Å². The molecule has 0 saturated carbocycles. The number of benzene rings is 1. The molecule has 2 heterocycles. The summed E-state index contributed by atoms with van der Waals surface area (Å²) in [5.41, 5.74) is 1.18. The SMILES string of the molecule is CN=C(NCc1ccc(Cl)cc1)NC1CC2CCC1O2. The number of halogens is 1. The molecule has 0 amide bonds. The molecule has 1 aromatic rings. The Morgan fingerprint density at radius 3 is 2.75 bits per heavy atom. The second kappa shape index (κ2) is 6.02. The Morgan fingerprint density at radius 2 is 2.15 bits per heavy atom. The first-order chi connectivity index (χ1) is 9.74. The van der Waals surface area contributed by atoms with Crippen molar-refractivity contribution in [2.75, 3.05) is 7.05 Å². The molecule has 0 radical (unpaired) electrons. The van der Waals surface area contributed by atoms with Gasteiger partial charge in [0.25, 0.3) is 0 Å². The van der Waals surface area contributed by atoms with Crippen LogP contribution in [0.1, 0.15) is 24.8 Å². The molecule has 0 spiro atoms. The van der Waals surface area contributed by atoms with Crippen LogP contribution in [0.15, 0.2) is 29.3 Å². The maximum Gasteiger partial charge on any atom is 0.191 e. The molecule has 2 saturated heterocycles. The predicted molar refractivity (Wildman–Crippen MR) is 81.1 cm³/mol. The number of aliphatic imine (C=N–C) groups is 1. The van der Waals surface area contributed by atoms with Gasteiger partial charge in [0.15, 0.2) is 5.96 Å². The van der Waals surface area contributed by atoms with E-state index >= 15 is 0 Å². The Balaban J connectivity index is 1.51. The Labute approximate surface area is 124 Å². The third-order valence-electron chi connectivity index (χ3n) is 4.02. The van der Waals surface area contributed by atoms with E-state index in [1.165, 1.54) is 12.0 Å². The highest BCUT2D eigenvalue weighted by Crippen LogP contribution is 2.34. The van der Waals surface area contributed by atoms with E-state index in [1.807, 2.05) is 24.3 Å². The Hall–Kier alpha value is -1.26. The average Bonchev–Trinajstić information content (AvgIpc) is 3.07. The van der Waals surface area contributed by atoms with E-state index in [0.29, 0.717) is 18.2 Å². The summed E-state index contributed by atoms with van der Waals surface area (Å²) in [5.74, 6) is 0.834. The molecular formula is C15H20ClN3O. The number of hydrogen-bond donors (Lipinski definition) is 2. The van der Waals surface area contributed by atoms with Crippen LogP contribution in [0.4, 0.5) is 0 Å². The van der Waals surface area contributed by atoms with E-state index in [0.717, 1.165) is 30.4 Å². The summed E-state index contributed by atoms with van der Waals surface area (Å²) in [7, 11) is 1.80. The maximum atomic E-state index is 5.88. The number of fused-ring (bicyclic) bond motifs is 2. The number of nitrogens with one attached hydrogen (secondary N) is 2. The smallest absolute Gasteiger partial charge is 0.191 e. The highest BCUT2D eigenvalue weighted by Gasteiger charge is 2.41. The minimum atomic E-state index is 0.356. The fourth-order valence-corrected chi connectivity index (χ4v) is 3.07. The van der Waals surface area contributed by atoms with Gasteiger partial charge in [-0.3, -0.25) is 4.99 Å². The van der Waals surface area contributed by atoms with Gasteiger partial charge < -0.3 is 15.4 Å². The standard InChI is InChI=1S/C15H20ClN3O/c1-17-15(18-9-10-2-4-11(16)5-3-10)19-13-8-12-6-7-14(13)20-12/h2-5,12-14H,6-9H2,1H3,(H2,17,18,19). The lowest BCUT2D eigenvalue weighted by molar-refractivity contribution is 0.0992. The molecule has 1 aromatic carbocycles. The van der Waals surface area contributed by atoms with Crippen molar-refractivity contribution in [3.8, 4) is 0 Å². The van der Waals surface area contributed by atoms with Crippen molar-refractivity contribution in [3.05, 3.63) is 34.9 Å². The zero-order valence-corrected chi connectivity index (χ0v) is 12.4. The summed E-state index contributed by atoms with van der Waals surface area (Å²) in [5, 5.41) is 7.56. The lowest BCUT2D eigenvalue weighted by atomic mass is 9.96. The van der Waals surface area contributed by atoms with Crippen molar-refractivity contribution >= 4 is 17.6 Å². The first-order valence-corrected chi connectivity index (χ1v) is 7.49. The number of rotatable bonds is 3. The van der Waals surface area contributed by atoms with Gasteiger partial charge in [-0.05, 0) is 37.0 Å². The second-order valence-electron chi connectivity index (χ2n) is 5.41. The van der Waals surface area contributed by atoms with Crippen molar-refractivity contribution in [3.63, 3.8) is 0 Å². The van der Waals surface area contributed by atoms with Crippen LogP contribution in [0.2, 0.25) is 5.02 Å². The second-order valence-corrected chi connectivity index (χ2v) is 5.85. The molecule has 5 heteroatoms. The van der Waals surface area contributed by atoms with Gasteiger partial charge >= 0.3 is 0 Å². The third kappa shape index (κ3) is 3.07. The third-order valence-corrected chi connectivity index (χ3v) is 4.28. The van der Waals surface area contributed by atoms with Gasteiger partial charge in [-0.15, -0.1) is 0 Å². The number of ether oxygens (including phenoxy) is 1. The van der Waals surface area contributed by atoms with Crippen molar-refractivity contribution in [2.45, 2.75) is 44.1 Å². The zero-order chi connectivity index (χ0) is 13.9. The molecule has 2 fully saturated rings. The summed E-state index contributed by atoms with van der Waals surface area (Å²) >= 11 is 5.88. The van der Waals surface area contributed by atoms with E-state index in [-0.39, 0.29) is 0 Å². The lowest BCUT2D eigenvalue weighted by Crippen LogP contribution is -2.47. The quantitative estimate of drug-likeness (QED) is 0.664. The van der Waals surface area contributed by atoms with Crippen molar-refractivity contribution < 1.29 is 4.74 Å². The molecule has 20 heavy (non-hydrogen) atoms. The van der Waals surface area contributed by atoms with Gasteiger partial charge in [0, 0.05) is 18.6 Å². The molecule has 0 aliphatic carbocycles. The number of nitrogens with zero attached hydrogens (tertiary/aromatic N) is 1. The molecule has 2 N–H and O–H groups in total. The molecule has 3 atom stereocenters. The van der Waals surface area contributed by atoms with Crippen molar-refractivity contribution in [1.82, 2.24) is 10.6 Å². The van der Waals surface area contributed by atoms with E-state index in [9.17, 15) is 0 Å². The highest BCUT2D eigenvalue weighted by atomic mass is 35.5. The van der Waals surface area contributed by atoms with Crippen LogP contribution in [0.5, 0.6) is 0 Å². The number of guanidine groups is 1. The molecule has 4 nitrogen and oxygen atoms in total. The molecule has 3 unspecified atom stereocenters. The normalized spacial score (nSPS) is 28.7. The maximum absolute atomic E-state index is 5.88. The van der Waals surface area contributed by atoms with E-state index in [2.05, 4.69) is 15.6 Å². The summed E-state index contributed by atoms with van der Waals surface area (Å²) < 4.78 is 5.85. The fourth-order valence-electron chi connectivity index (χ4n) is 2.95. The fraction of sp³-hybridized carbons (Fsp3) is 0.533. The van der Waals surface area contributed by atoms with Gasteiger partial charge in [0.1, 0.15) is 0 Å². The minimum Gasteiger partial charge on any atom is -0.373 e. The topological polar surface area (TPSA) is 45.7 Å². The Morgan fingerprint density at radius 1 is 1.35 bits per heavy atom. The molecule has 0 aromatic heterocycles. The van der Waals surface area contributed by atoms with Crippen LogP contribution in [0.25, 0.3) is 0 Å². The zero-order valence-electron chi connectivity index (χ0n) is 11.6. The van der Waals surface area contributed by atoms with Crippen molar-refractivity contribution in [1.29, 1.82) is 0 Å². The first-order valence-electron chi connectivity index (χ1n) is 7.11. The summed E-state index contributed by atoms with van der Waals surface area (Å²) in [6.07, 6.45) is 4.27. The first kappa shape index (κ1) is 13.7. The van der Waals surface area contributed by atoms with Crippen molar-refractivity contribution in [2.24, 2.45) is 4.99 Å². The van der Waals surface area contributed by atoms with Crippen LogP contribution in [0, 0.1) is 0 Å². The minimum absolute atomic E-state index is 0.356. The molecule has 2 bridgehead atoms. The van der Waals surface area contributed by atoms with Gasteiger partial charge in [0.2, 0.25) is 0 Å². The molecular weight excluding hydrogens is 274 g/mol. The molecule has 3 rings (SSSR count). The van der Waals surface area contributed by atoms with Gasteiger partial charge in [-0.25, -0.2) is 0 Å². The lowest BCUT2D eigenvalue weighted by Gasteiger charge is -2.22. The van der Waals surface area contributed by atoms with Crippen LogP contribution in [-0.2, 0) is 11.3 Å². The summed E-state index contributed by atoms with van der Waals surface area (Å²) in [6.45, 7) is 0.735. The van der Waals surface area contributed by atoms with Gasteiger partial charge in [-0.2, -0.15) is 0 Å². The van der Waals surface area contributed by atoms with Crippen LogP contribution in [0.3, 0.4) is 0 Å². The summed E-state index contributed by atoms with van der Waals surface area (Å²) in [4.78, 5) is 4.28. The Bertz CT molecular complexity index is 488. The monoisotopic (exact) mass is 293 g/mol. The van der Waals surface area contributed by atoms with Crippen LogP contribution in [-0.4, -0.2) is 31.3 Å². The number of hydrogen-bond acceptors (Lipinski definition) is 2. The largest absolute Gasteiger partial charge is 0.373 e. The van der Waals surface area contributed by atoms with Gasteiger partial charge in [-0.1, -0.05) is 23.7 Å². The highest BCUT2D eigenvalue weighted by molar-refractivity contribution is 6.30.